The maximum absolute atomic E-state index is 11.4. The van der Waals surface area contributed by atoms with Crippen LogP contribution in [0.15, 0.2) is 30.3 Å². The zero-order valence-corrected chi connectivity index (χ0v) is 9.53. The number of esters is 1. The van der Waals surface area contributed by atoms with Crippen molar-refractivity contribution in [2.75, 3.05) is 7.11 Å². The summed E-state index contributed by atoms with van der Waals surface area (Å²) >= 11 is 0. The molecule has 6 heteroatoms. The summed E-state index contributed by atoms with van der Waals surface area (Å²) in [4.78, 5) is 22.3. The van der Waals surface area contributed by atoms with Gasteiger partial charge in [-0.1, -0.05) is 18.2 Å². The van der Waals surface area contributed by atoms with Crippen LogP contribution in [0.1, 0.15) is 20.8 Å². The van der Waals surface area contributed by atoms with Crippen molar-refractivity contribution in [3.63, 3.8) is 0 Å². The van der Waals surface area contributed by atoms with Gasteiger partial charge >= 0.3 is 5.97 Å². The lowest BCUT2D eigenvalue weighted by Crippen LogP contribution is -2.05. The summed E-state index contributed by atoms with van der Waals surface area (Å²) in [5.74, 6) is -1.17. The minimum absolute atomic E-state index is 0.189. The number of ether oxygens (including phenoxy) is 1. The molecule has 0 spiro atoms. The minimum Gasteiger partial charge on any atom is -0.493 e. The van der Waals surface area contributed by atoms with E-state index >= 15 is 0 Å². The van der Waals surface area contributed by atoms with Crippen LogP contribution in [0.4, 0.5) is 0 Å². The molecule has 0 bridgehead atoms. The smallest absolute Gasteiger partial charge is 0.359 e. The Morgan fingerprint density at radius 1 is 1.39 bits per heavy atom. The van der Waals surface area contributed by atoms with E-state index in [0.717, 1.165) is 4.68 Å². The van der Waals surface area contributed by atoms with Crippen molar-refractivity contribution in [2.24, 2.45) is 0 Å². The first-order chi connectivity index (χ1) is 8.69. The van der Waals surface area contributed by atoms with Crippen LogP contribution in [0.5, 0.6) is 5.88 Å². The summed E-state index contributed by atoms with van der Waals surface area (Å²) in [5, 5.41) is 13.8. The fourth-order valence-corrected chi connectivity index (χ4v) is 1.53. The first-order valence-corrected chi connectivity index (χ1v) is 5.10. The predicted octanol–water partition coefficient (Wildman–Crippen LogP) is 1.18. The number of aromatic nitrogens is 2. The number of para-hydroxylation sites is 1. The van der Waals surface area contributed by atoms with E-state index in [9.17, 15) is 14.7 Å². The van der Waals surface area contributed by atoms with Gasteiger partial charge in [0.15, 0.2) is 12.0 Å². The van der Waals surface area contributed by atoms with Crippen LogP contribution in [0.3, 0.4) is 0 Å². The van der Waals surface area contributed by atoms with Crippen LogP contribution in [-0.4, -0.2) is 34.3 Å². The molecule has 0 fully saturated rings. The first-order valence-electron chi connectivity index (χ1n) is 5.10. The molecule has 2 aromatic rings. The van der Waals surface area contributed by atoms with Gasteiger partial charge < -0.3 is 9.84 Å². The molecule has 1 heterocycles. The highest BCUT2D eigenvalue weighted by Gasteiger charge is 2.23. The Bertz CT molecular complexity index is 590. The van der Waals surface area contributed by atoms with E-state index < -0.39 is 11.8 Å². The molecule has 0 aliphatic heterocycles. The van der Waals surface area contributed by atoms with Crippen LogP contribution in [0.25, 0.3) is 5.69 Å². The summed E-state index contributed by atoms with van der Waals surface area (Å²) in [5.41, 5.74) is 0.132. The number of methoxy groups -OCH3 is 1. The molecule has 0 amide bonds. The van der Waals surface area contributed by atoms with Gasteiger partial charge in [0, 0.05) is 0 Å². The summed E-state index contributed by atoms with van der Waals surface area (Å²) in [6, 6.07) is 8.65. The SMILES string of the molecule is COC(=O)c1nn(-c2ccccc2)c(O)c1C=O. The number of hydrogen-bond donors (Lipinski definition) is 1. The van der Waals surface area contributed by atoms with Crippen LogP contribution in [0.2, 0.25) is 0 Å². The Labute approximate surface area is 102 Å². The Hall–Kier alpha value is -2.63. The summed E-state index contributed by atoms with van der Waals surface area (Å²) in [6.07, 6.45) is 0.369. The van der Waals surface area contributed by atoms with E-state index in [-0.39, 0.29) is 11.3 Å². The zero-order valence-electron chi connectivity index (χ0n) is 9.53. The van der Waals surface area contributed by atoms with Crippen molar-refractivity contribution >= 4 is 12.3 Å². The van der Waals surface area contributed by atoms with E-state index in [4.69, 9.17) is 0 Å². The fourth-order valence-electron chi connectivity index (χ4n) is 1.53. The molecule has 1 aromatic heterocycles. The minimum atomic E-state index is -0.776. The fraction of sp³-hybridized carbons (Fsp3) is 0.0833. The molecular weight excluding hydrogens is 236 g/mol. The molecule has 1 N–H and O–H groups in total. The number of nitrogens with zero attached hydrogens (tertiary/aromatic N) is 2. The normalized spacial score (nSPS) is 10.1. The lowest BCUT2D eigenvalue weighted by Gasteiger charge is -2.01. The van der Waals surface area contributed by atoms with Gasteiger partial charge in [-0.25, -0.2) is 4.79 Å². The van der Waals surface area contributed by atoms with Gasteiger partial charge in [0.25, 0.3) is 0 Å². The van der Waals surface area contributed by atoms with Crippen LogP contribution in [0, 0.1) is 0 Å². The van der Waals surface area contributed by atoms with Gasteiger partial charge in [-0.3, -0.25) is 4.79 Å². The first kappa shape index (κ1) is 11.8. The van der Waals surface area contributed by atoms with E-state index in [1.54, 1.807) is 30.3 Å². The van der Waals surface area contributed by atoms with E-state index in [2.05, 4.69) is 9.84 Å². The van der Waals surface area contributed by atoms with Gasteiger partial charge in [0.05, 0.1) is 12.8 Å². The molecule has 6 nitrogen and oxygen atoms in total. The van der Waals surface area contributed by atoms with Gasteiger partial charge in [0.1, 0.15) is 5.56 Å². The number of aldehydes is 1. The Balaban J connectivity index is 2.61. The van der Waals surface area contributed by atoms with Crippen molar-refractivity contribution in [3.05, 3.63) is 41.6 Å². The Kier molecular flexibility index (Phi) is 3.09. The topological polar surface area (TPSA) is 81.4 Å². The Morgan fingerprint density at radius 2 is 2.06 bits per heavy atom. The molecule has 92 valence electrons. The van der Waals surface area contributed by atoms with Gasteiger partial charge in [-0.05, 0) is 12.1 Å². The maximum atomic E-state index is 11.4. The van der Waals surface area contributed by atoms with Gasteiger partial charge in [-0.15, -0.1) is 0 Å². The predicted molar refractivity (Wildman–Crippen MR) is 62.0 cm³/mol. The second-order valence-electron chi connectivity index (χ2n) is 3.44. The summed E-state index contributed by atoms with van der Waals surface area (Å²) in [6.45, 7) is 0. The van der Waals surface area contributed by atoms with Crippen molar-refractivity contribution < 1.29 is 19.4 Å². The quantitative estimate of drug-likeness (QED) is 0.649. The molecule has 0 aliphatic rings. The molecule has 0 aliphatic carbocycles. The molecule has 2 rings (SSSR count). The standard InChI is InChI=1S/C12H10N2O4/c1-18-12(17)10-9(7-15)11(16)14(13-10)8-5-3-2-4-6-8/h2-7,16H,1H3. The summed E-state index contributed by atoms with van der Waals surface area (Å²) < 4.78 is 5.61. The number of hydrogen-bond acceptors (Lipinski definition) is 5. The molecular formula is C12H10N2O4. The van der Waals surface area contributed by atoms with Crippen molar-refractivity contribution in [2.45, 2.75) is 0 Å². The summed E-state index contributed by atoms with van der Waals surface area (Å²) in [7, 11) is 1.18. The monoisotopic (exact) mass is 246 g/mol. The second kappa shape index (κ2) is 4.70. The number of carbonyl (C=O) groups excluding carboxylic acids is 2. The molecule has 0 atom stereocenters. The number of benzene rings is 1. The lowest BCUT2D eigenvalue weighted by atomic mass is 10.2. The van der Waals surface area contributed by atoms with Gasteiger partial charge in [0.2, 0.25) is 5.88 Å². The third kappa shape index (κ3) is 1.84. The second-order valence-corrected chi connectivity index (χ2v) is 3.44. The van der Waals surface area contributed by atoms with Crippen molar-refractivity contribution in [3.8, 4) is 11.6 Å². The van der Waals surface area contributed by atoms with Crippen molar-refractivity contribution in [1.29, 1.82) is 0 Å². The van der Waals surface area contributed by atoms with E-state index in [1.165, 1.54) is 7.11 Å². The highest BCUT2D eigenvalue weighted by atomic mass is 16.5. The lowest BCUT2D eigenvalue weighted by molar-refractivity contribution is 0.0591. The number of aromatic hydroxyl groups is 1. The van der Waals surface area contributed by atoms with E-state index in [0.29, 0.717) is 12.0 Å². The molecule has 0 saturated carbocycles. The third-order valence-electron chi connectivity index (χ3n) is 2.39. The van der Waals surface area contributed by atoms with Crippen LogP contribution < -0.4 is 0 Å². The maximum Gasteiger partial charge on any atom is 0.359 e. The zero-order chi connectivity index (χ0) is 13.1. The number of rotatable bonds is 3. The largest absolute Gasteiger partial charge is 0.493 e. The highest BCUT2D eigenvalue weighted by Crippen LogP contribution is 2.23. The Morgan fingerprint density at radius 3 is 2.61 bits per heavy atom. The van der Waals surface area contributed by atoms with E-state index in [1.807, 2.05) is 0 Å². The van der Waals surface area contributed by atoms with Crippen molar-refractivity contribution in [1.82, 2.24) is 9.78 Å². The van der Waals surface area contributed by atoms with Crippen LogP contribution >= 0.6 is 0 Å². The third-order valence-corrected chi connectivity index (χ3v) is 2.39. The highest BCUT2D eigenvalue weighted by molar-refractivity contribution is 5.98. The molecule has 0 saturated heterocycles. The van der Waals surface area contributed by atoms with Crippen LogP contribution in [-0.2, 0) is 4.74 Å². The van der Waals surface area contributed by atoms with Gasteiger partial charge in [-0.2, -0.15) is 9.78 Å². The molecule has 0 unspecified atom stereocenters. The molecule has 1 aromatic carbocycles. The average molecular weight is 246 g/mol. The number of carbonyl (C=O) groups is 2. The molecule has 18 heavy (non-hydrogen) atoms. The molecule has 0 radical (unpaired) electrons. The average Bonchev–Trinajstić information content (AvgIpc) is 2.75.